The molecule has 1 spiro atoms. The molecule has 0 fully saturated rings. The third-order valence-corrected chi connectivity index (χ3v) is 7.19. The summed E-state index contributed by atoms with van der Waals surface area (Å²) in [4.78, 5) is 31.6. The number of carbonyl (C=O) groups excluding carboxylic acids is 2. The first-order valence-electron chi connectivity index (χ1n) is 10.7. The normalized spacial score (nSPS) is 20.8. The lowest BCUT2D eigenvalue weighted by atomic mass is 9.97. The molecule has 1 atom stereocenters. The van der Waals surface area contributed by atoms with Gasteiger partial charge in [0.1, 0.15) is 5.70 Å². The zero-order valence-corrected chi connectivity index (χ0v) is 19.9. The molecule has 9 heteroatoms. The van der Waals surface area contributed by atoms with E-state index >= 15 is 0 Å². The van der Waals surface area contributed by atoms with Crippen LogP contribution in [0.5, 0.6) is 0 Å². The smallest absolute Gasteiger partial charge is 0.279 e. The summed E-state index contributed by atoms with van der Waals surface area (Å²) in [5.74, 6) is 0.231. The molecular weight excluding hydrogens is 490 g/mol. The molecule has 1 unspecified atom stereocenters. The van der Waals surface area contributed by atoms with E-state index in [9.17, 15) is 9.59 Å². The molecule has 0 radical (unpaired) electrons. The Bertz CT molecular complexity index is 1280. The number of thioether (sulfide) groups is 1. The average Bonchev–Trinajstić information content (AvgIpc) is 3.05. The van der Waals surface area contributed by atoms with Crippen LogP contribution >= 0.6 is 27.7 Å². The second kappa shape index (κ2) is 8.37. The van der Waals surface area contributed by atoms with Crippen LogP contribution in [-0.2, 0) is 15.3 Å². The second-order valence-corrected chi connectivity index (χ2v) is 9.87. The summed E-state index contributed by atoms with van der Waals surface area (Å²) in [5, 5.41) is 13.8. The van der Waals surface area contributed by atoms with Crippen LogP contribution in [0.2, 0.25) is 0 Å². The summed E-state index contributed by atoms with van der Waals surface area (Å²) in [6.07, 6.45) is 4.54. The molecule has 0 aromatic heterocycles. The molecule has 0 aliphatic carbocycles. The number of fused-ring (bicyclic) bond motifs is 5. The SMILES string of the molecule is CCCCCCSC1=NN2C(=c3ccccc3=NC23C(=O)Nc2ccc(Br)cc23)C(=O)N1. The number of hydrazone groups is 1. The Hall–Kier alpha value is -2.65. The maximum Gasteiger partial charge on any atom is 0.279 e. The first-order chi connectivity index (χ1) is 15.5. The maximum atomic E-state index is 13.4. The van der Waals surface area contributed by atoms with Crippen molar-refractivity contribution in [2.45, 2.75) is 38.3 Å². The molecule has 2 amide bonds. The molecule has 32 heavy (non-hydrogen) atoms. The molecule has 2 aromatic carbocycles. The van der Waals surface area contributed by atoms with E-state index in [1.165, 1.54) is 29.6 Å². The quantitative estimate of drug-likeness (QED) is 0.604. The zero-order valence-electron chi connectivity index (χ0n) is 17.5. The van der Waals surface area contributed by atoms with Crippen molar-refractivity contribution >= 4 is 56.1 Å². The molecule has 0 bridgehead atoms. The highest BCUT2D eigenvalue weighted by molar-refractivity contribution is 9.10. The lowest BCUT2D eigenvalue weighted by Gasteiger charge is -2.39. The minimum absolute atomic E-state index is 0.283. The van der Waals surface area contributed by atoms with Crippen LogP contribution in [0.4, 0.5) is 5.69 Å². The van der Waals surface area contributed by atoms with Crippen molar-refractivity contribution < 1.29 is 9.59 Å². The van der Waals surface area contributed by atoms with Gasteiger partial charge in [-0.3, -0.25) is 14.9 Å². The monoisotopic (exact) mass is 511 g/mol. The van der Waals surface area contributed by atoms with Gasteiger partial charge in [-0.05, 0) is 30.7 Å². The number of hydrogen-bond acceptors (Lipinski definition) is 6. The molecule has 3 aliphatic rings. The molecule has 2 aromatic rings. The molecule has 7 nitrogen and oxygen atoms in total. The van der Waals surface area contributed by atoms with E-state index in [2.05, 4.69) is 33.5 Å². The van der Waals surface area contributed by atoms with Gasteiger partial charge in [-0.2, -0.15) is 0 Å². The Morgan fingerprint density at radius 1 is 1.09 bits per heavy atom. The number of para-hydroxylation sites is 1. The molecule has 164 valence electrons. The Kier molecular flexibility index (Phi) is 5.54. The van der Waals surface area contributed by atoms with Crippen LogP contribution in [0.25, 0.3) is 5.70 Å². The summed E-state index contributed by atoms with van der Waals surface area (Å²) in [6, 6.07) is 12.9. The number of nitrogens with zero attached hydrogens (tertiary/aromatic N) is 3. The van der Waals surface area contributed by atoms with E-state index in [0.717, 1.165) is 23.1 Å². The minimum Gasteiger partial charge on any atom is -0.321 e. The predicted octanol–water partition coefficient (Wildman–Crippen LogP) is 3.01. The number of halogens is 1. The Morgan fingerprint density at radius 3 is 2.78 bits per heavy atom. The largest absolute Gasteiger partial charge is 0.321 e. The van der Waals surface area contributed by atoms with Crippen molar-refractivity contribution in [3.63, 3.8) is 0 Å². The van der Waals surface area contributed by atoms with E-state index in [1.54, 1.807) is 0 Å². The van der Waals surface area contributed by atoms with Gasteiger partial charge in [0.25, 0.3) is 17.5 Å². The van der Waals surface area contributed by atoms with Gasteiger partial charge in [-0.1, -0.05) is 72.1 Å². The number of unbranched alkanes of at least 4 members (excludes halogenated alkanes) is 3. The fourth-order valence-electron chi connectivity index (χ4n) is 4.21. The van der Waals surface area contributed by atoms with Gasteiger partial charge in [0.05, 0.1) is 5.36 Å². The first kappa shape index (κ1) is 21.2. The topological polar surface area (TPSA) is 86.2 Å². The number of carbonyl (C=O) groups is 2. The molecule has 2 N–H and O–H groups in total. The van der Waals surface area contributed by atoms with Gasteiger partial charge in [0.15, 0.2) is 5.17 Å². The van der Waals surface area contributed by atoms with E-state index < -0.39 is 5.66 Å². The molecule has 0 saturated carbocycles. The van der Waals surface area contributed by atoms with Crippen LogP contribution in [0, 0.1) is 0 Å². The number of amides is 2. The third kappa shape index (κ3) is 3.34. The number of hydrogen-bond donors (Lipinski definition) is 2. The van der Waals surface area contributed by atoms with Gasteiger partial charge in [0.2, 0.25) is 0 Å². The van der Waals surface area contributed by atoms with E-state index in [0.29, 0.717) is 32.7 Å². The number of rotatable bonds is 5. The second-order valence-electron chi connectivity index (χ2n) is 7.87. The van der Waals surface area contributed by atoms with Crippen LogP contribution in [0.3, 0.4) is 0 Å². The minimum atomic E-state index is -1.48. The number of nitrogens with one attached hydrogen (secondary N) is 2. The molecule has 3 heterocycles. The number of amidine groups is 1. The van der Waals surface area contributed by atoms with Gasteiger partial charge in [0, 0.05) is 26.7 Å². The Morgan fingerprint density at radius 2 is 1.94 bits per heavy atom. The first-order valence-corrected chi connectivity index (χ1v) is 12.5. The maximum absolute atomic E-state index is 13.4. The molecule has 3 aliphatic heterocycles. The van der Waals surface area contributed by atoms with Crippen molar-refractivity contribution in [3.8, 4) is 0 Å². The highest BCUT2D eigenvalue weighted by Gasteiger charge is 2.56. The standard InChI is InChI=1S/C23H22BrN5O2S/c1-2-3-4-7-12-32-22-26-20(30)19-15-8-5-6-9-17(15)27-23(29(19)28-22)16-13-14(24)10-11-18(16)25-21(23)31/h5-6,8-11,13H,2-4,7,12H2,1H3,(H,25,31)(H,26,28,30). The molecule has 5 rings (SSSR count). The summed E-state index contributed by atoms with van der Waals surface area (Å²) in [6.45, 7) is 2.18. The average molecular weight is 512 g/mol. The van der Waals surface area contributed by atoms with Crippen LogP contribution in [-0.4, -0.2) is 27.7 Å². The van der Waals surface area contributed by atoms with Crippen LogP contribution in [0.15, 0.2) is 57.0 Å². The van der Waals surface area contributed by atoms with Gasteiger partial charge in [-0.25, -0.2) is 10.0 Å². The third-order valence-electron chi connectivity index (χ3n) is 5.74. The fraction of sp³-hybridized carbons (Fsp3) is 0.304. The highest BCUT2D eigenvalue weighted by Crippen LogP contribution is 2.46. The van der Waals surface area contributed by atoms with Crippen LogP contribution < -0.4 is 21.2 Å². The van der Waals surface area contributed by atoms with Crippen molar-refractivity contribution in [1.82, 2.24) is 10.3 Å². The molecule has 0 saturated heterocycles. The lowest BCUT2D eigenvalue weighted by Crippen LogP contribution is -2.59. The number of anilines is 1. The summed E-state index contributed by atoms with van der Waals surface area (Å²) >= 11 is 5.00. The van der Waals surface area contributed by atoms with Gasteiger partial charge in [-0.15, -0.1) is 5.10 Å². The Balaban J connectivity index is 1.66. The highest BCUT2D eigenvalue weighted by atomic mass is 79.9. The zero-order chi connectivity index (χ0) is 22.3. The molecular formula is C23H22BrN5O2S. The van der Waals surface area contributed by atoms with Crippen molar-refractivity contribution in [2.24, 2.45) is 10.1 Å². The Labute approximate surface area is 198 Å². The number of benzene rings is 2. The van der Waals surface area contributed by atoms with Crippen LogP contribution in [0.1, 0.15) is 38.2 Å². The van der Waals surface area contributed by atoms with E-state index in [1.807, 2.05) is 42.5 Å². The van der Waals surface area contributed by atoms with Crippen molar-refractivity contribution in [2.75, 3.05) is 11.1 Å². The van der Waals surface area contributed by atoms with Gasteiger partial charge >= 0.3 is 0 Å². The summed E-state index contributed by atoms with van der Waals surface area (Å²) in [5.41, 5.74) is 0.174. The lowest BCUT2D eigenvalue weighted by molar-refractivity contribution is -0.127. The van der Waals surface area contributed by atoms with E-state index in [4.69, 9.17) is 10.1 Å². The van der Waals surface area contributed by atoms with Crippen molar-refractivity contribution in [1.29, 1.82) is 0 Å². The fourth-order valence-corrected chi connectivity index (χ4v) is 5.42. The van der Waals surface area contributed by atoms with Gasteiger partial charge < -0.3 is 5.32 Å². The predicted molar refractivity (Wildman–Crippen MR) is 129 cm³/mol. The summed E-state index contributed by atoms with van der Waals surface area (Å²) < 4.78 is 0.818. The van der Waals surface area contributed by atoms with Crippen molar-refractivity contribution in [3.05, 3.63) is 63.1 Å². The van der Waals surface area contributed by atoms with E-state index in [-0.39, 0.29) is 11.8 Å². The summed E-state index contributed by atoms with van der Waals surface area (Å²) in [7, 11) is 0.